The highest BCUT2D eigenvalue weighted by molar-refractivity contribution is 5.78. The molecule has 152 valence electrons. The molecule has 1 amide bonds. The van der Waals surface area contributed by atoms with Gasteiger partial charge in [-0.25, -0.2) is 14.1 Å². The Kier molecular flexibility index (Phi) is 5.14. The van der Waals surface area contributed by atoms with E-state index >= 15 is 0 Å². The van der Waals surface area contributed by atoms with Crippen LogP contribution in [0.2, 0.25) is 0 Å². The first-order valence-corrected chi connectivity index (χ1v) is 9.45. The highest BCUT2D eigenvalue weighted by Gasteiger charge is 2.14. The average molecular weight is 405 g/mol. The molecular formula is C22H20FN5O2. The van der Waals surface area contributed by atoms with Crippen molar-refractivity contribution in [2.24, 2.45) is 0 Å². The Balaban J connectivity index is 1.55. The van der Waals surface area contributed by atoms with Crippen molar-refractivity contribution in [2.45, 2.75) is 26.9 Å². The third-order valence-electron chi connectivity index (χ3n) is 5.08. The van der Waals surface area contributed by atoms with Gasteiger partial charge in [-0.2, -0.15) is 5.10 Å². The van der Waals surface area contributed by atoms with E-state index in [2.05, 4.69) is 15.4 Å². The number of fused-ring (bicyclic) bond motifs is 1. The number of nitrogens with zero attached hydrogens (tertiary/aromatic N) is 4. The van der Waals surface area contributed by atoms with Crippen LogP contribution < -0.4 is 10.9 Å². The first-order valence-electron chi connectivity index (χ1n) is 9.45. The van der Waals surface area contributed by atoms with Gasteiger partial charge in [-0.15, -0.1) is 0 Å². The van der Waals surface area contributed by atoms with E-state index in [0.717, 1.165) is 22.4 Å². The van der Waals surface area contributed by atoms with Gasteiger partial charge in [0, 0.05) is 6.54 Å². The molecule has 0 fully saturated rings. The number of halogens is 1. The second kappa shape index (κ2) is 7.90. The fraction of sp³-hybridized carbons (Fsp3) is 0.182. The zero-order chi connectivity index (χ0) is 21.3. The molecule has 4 rings (SSSR count). The fourth-order valence-corrected chi connectivity index (χ4v) is 3.22. The number of amides is 1. The first-order chi connectivity index (χ1) is 14.4. The average Bonchev–Trinajstić information content (AvgIpc) is 3.16. The monoisotopic (exact) mass is 405 g/mol. The van der Waals surface area contributed by atoms with E-state index < -0.39 is 0 Å². The predicted octanol–water partition coefficient (Wildman–Crippen LogP) is 2.65. The van der Waals surface area contributed by atoms with Crippen LogP contribution in [0.3, 0.4) is 0 Å². The lowest BCUT2D eigenvalue weighted by Crippen LogP contribution is -2.32. The summed E-state index contributed by atoms with van der Waals surface area (Å²) >= 11 is 0. The minimum atomic E-state index is -0.343. The first kappa shape index (κ1) is 19.5. The molecule has 0 aliphatic heterocycles. The molecule has 2 heterocycles. The van der Waals surface area contributed by atoms with E-state index in [-0.39, 0.29) is 30.4 Å². The number of carbonyl (C=O) groups is 1. The molecular weight excluding hydrogens is 385 g/mol. The van der Waals surface area contributed by atoms with E-state index in [1.165, 1.54) is 29.2 Å². The Morgan fingerprint density at radius 3 is 2.67 bits per heavy atom. The van der Waals surface area contributed by atoms with Crippen LogP contribution >= 0.6 is 0 Å². The molecule has 0 unspecified atom stereocenters. The van der Waals surface area contributed by atoms with Crippen molar-refractivity contribution in [1.29, 1.82) is 0 Å². The van der Waals surface area contributed by atoms with Gasteiger partial charge in [-0.1, -0.05) is 24.3 Å². The van der Waals surface area contributed by atoms with Gasteiger partial charge < -0.3 is 5.32 Å². The molecule has 0 atom stereocenters. The number of hydrogen-bond donors (Lipinski definition) is 1. The lowest BCUT2D eigenvalue weighted by molar-refractivity contribution is -0.121. The number of rotatable bonds is 5. The molecule has 2 aromatic heterocycles. The Hall–Kier alpha value is -3.81. The lowest BCUT2D eigenvalue weighted by Gasteiger charge is -2.10. The molecule has 0 spiro atoms. The minimum Gasteiger partial charge on any atom is -0.350 e. The van der Waals surface area contributed by atoms with Gasteiger partial charge in [0.2, 0.25) is 5.91 Å². The normalized spacial score (nSPS) is 11.0. The van der Waals surface area contributed by atoms with Crippen LogP contribution in [0.1, 0.15) is 16.7 Å². The van der Waals surface area contributed by atoms with E-state index in [0.29, 0.717) is 11.0 Å². The summed E-state index contributed by atoms with van der Waals surface area (Å²) in [6.45, 7) is 4.08. The number of nitrogens with one attached hydrogen (secondary N) is 1. The Labute approximate surface area is 171 Å². The molecule has 0 saturated carbocycles. The molecule has 0 saturated heterocycles. The Morgan fingerprint density at radius 1 is 1.13 bits per heavy atom. The van der Waals surface area contributed by atoms with Crippen LogP contribution in [0.5, 0.6) is 0 Å². The minimum absolute atomic E-state index is 0.169. The largest absolute Gasteiger partial charge is 0.350 e. The van der Waals surface area contributed by atoms with E-state index in [1.54, 1.807) is 16.8 Å². The van der Waals surface area contributed by atoms with Crippen LogP contribution in [-0.2, 0) is 17.9 Å². The molecule has 0 aliphatic rings. The van der Waals surface area contributed by atoms with Crippen molar-refractivity contribution < 1.29 is 9.18 Å². The zero-order valence-corrected chi connectivity index (χ0v) is 16.6. The van der Waals surface area contributed by atoms with Gasteiger partial charge in [-0.3, -0.25) is 14.2 Å². The molecule has 1 N–H and O–H groups in total. The van der Waals surface area contributed by atoms with E-state index in [1.807, 2.05) is 32.0 Å². The molecule has 0 bridgehead atoms. The number of benzene rings is 2. The van der Waals surface area contributed by atoms with Crippen LogP contribution in [0.4, 0.5) is 4.39 Å². The van der Waals surface area contributed by atoms with Gasteiger partial charge in [-0.05, 0) is 48.7 Å². The van der Waals surface area contributed by atoms with Crippen LogP contribution in [0.25, 0.3) is 16.7 Å². The number of aromatic nitrogens is 4. The van der Waals surface area contributed by atoms with Gasteiger partial charge in [0.25, 0.3) is 5.56 Å². The summed E-state index contributed by atoms with van der Waals surface area (Å²) in [5.41, 5.74) is 3.88. The van der Waals surface area contributed by atoms with Crippen molar-refractivity contribution in [3.05, 3.63) is 87.9 Å². The van der Waals surface area contributed by atoms with E-state index in [9.17, 15) is 14.0 Å². The maximum absolute atomic E-state index is 13.0. The third kappa shape index (κ3) is 3.71. The summed E-state index contributed by atoms with van der Waals surface area (Å²) < 4.78 is 15.8. The zero-order valence-electron chi connectivity index (χ0n) is 16.6. The summed E-state index contributed by atoms with van der Waals surface area (Å²) in [7, 11) is 0. The van der Waals surface area contributed by atoms with E-state index in [4.69, 9.17) is 0 Å². The lowest BCUT2D eigenvalue weighted by atomic mass is 10.1. The highest BCUT2D eigenvalue weighted by Crippen LogP contribution is 2.19. The summed E-state index contributed by atoms with van der Waals surface area (Å²) in [5, 5.41) is 7.40. The molecule has 4 aromatic rings. The van der Waals surface area contributed by atoms with Gasteiger partial charge >= 0.3 is 0 Å². The van der Waals surface area contributed by atoms with Crippen molar-refractivity contribution in [3.8, 4) is 5.69 Å². The number of hydrogen-bond acceptors (Lipinski definition) is 4. The topological polar surface area (TPSA) is 81.8 Å². The molecule has 30 heavy (non-hydrogen) atoms. The SMILES string of the molecule is Cc1cccc(-n2ncc3c(=O)n(CC(=O)NCc4ccc(F)cc4)cnc32)c1C. The second-order valence-corrected chi connectivity index (χ2v) is 7.09. The van der Waals surface area contributed by atoms with Gasteiger partial charge in [0.1, 0.15) is 24.1 Å². The van der Waals surface area contributed by atoms with Crippen molar-refractivity contribution in [1.82, 2.24) is 24.6 Å². The van der Waals surface area contributed by atoms with Gasteiger partial charge in [0.15, 0.2) is 5.65 Å². The highest BCUT2D eigenvalue weighted by atomic mass is 19.1. The summed E-state index contributed by atoms with van der Waals surface area (Å²) in [6.07, 6.45) is 2.82. The molecule has 7 nitrogen and oxygen atoms in total. The number of aryl methyl sites for hydroxylation is 1. The Morgan fingerprint density at radius 2 is 1.90 bits per heavy atom. The summed E-state index contributed by atoms with van der Waals surface area (Å²) in [4.78, 5) is 29.4. The quantitative estimate of drug-likeness (QED) is 0.554. The van der Waals surface area contributed by atoms with Crippen LogP contribution in [0.15, 0.2) is 59.8 Å². The predicted molar refractivity (Wildman–Crippen MR) is 111 cm³/mol. The van der Waals surface area contributed by atoms with Crippen LogP contribution in [-0.4, -0.2) is 25.2 Å². The fourth-order valence-electron chi connectivity index (χ4n) is 3.22. The number of carbonyl (C=O) groups excluding carboxylic acids is 1. The second-order valence-electron chi connectivity index (χ2n) is 7.09. The van der Waals surface area contributed by atoms with Crippen LogP contribution in [0, 0.1) is 19.7 Å². The molecule has 2 aromatic carbocycles. The van der Waals surface area contributed by atoms with Gasteiger partial charge in [0.05, 0.1) is 11.9 Å². The Bertz CT molecular complexity index is 1290. The summed E-state index contributed by atoms with van der Waals surface area (Å²) in [6, 6.07) is 11.7. The van der Waals surface area contributed by atoms with Crippen molar-refractivity contribution in [3.63, 3.8) is 0 Å². The molecule has 0 aliphatic carbocycles. The van der Waals surface area contributed by atoms with Crippen molar-refractivity contribution >= 4 is 16.9 Å². The standard InChI is InChI=1S/C22H20FN5O2/c1-14-4-3-5-19(15(14)2)28-21-18(11-26-28)22(30)27(13-25-21)12-20(29)24-10-16-6-8-17(23)9-7-16/h3-9,11,13H,10,12H2,1-2H3,(H,24,29). The third-order valence-corrected chi connectivity index (χ3v) is 5.08. The summed E-state index contributed by atoms with van der Waals surface area (Å²) in [5.74, 6) is -0.679. The molecule has 0 radical (unpaired) electrons. The maximum atomic E-state index is 13.0. The smallest absolute Gasteiger partial charge is 0.264 e. The molecule has 8 heteroatoms. The maximum Gasteiger partial charge on any atom is 0.264 e. The van der Waals surface area contributed by atoms with Crippen molar-refractivity contribution in [2.75, 3.05) is 0 Å².